The summed E-state index contributed by atoms with van der Waals surface area (Å²) in [6.45, 7) is 7.70. The lowest BCUT2D eigenvalue weighted by Crippen LogP contribution is -2.30. The van der Waals surface area contributed by atoms with E-state index < -0.39 is 10.0 Å². The highest BCUT2D eigenvalue weighted by Gasteiger charge is 2.15. The first-order valence-corrected chi connectivity index (χ1v) is 8.48. The van der Waals surface area contributed by atoms with Gasteiger partial charge in [-0.15, -0.1) is 0 Å². The molecule has 4 nitrogen and oxygen atoms in total. The van der Waals surface area contributed by atoms with Crippen molar-refractivity contribution in [2.45, 2.75) is 57.6 Å². The lowest BCUT2D eigenvalue weighted by atomic mass is 10.00. The molecule has 0 amide bonds. The molecule has 1 unspecified atom stereocenters. The average molecular weight is 299 g/mol. The van der Waals surface area contributed by atoms with Crippen molar-refractivity contribution in [3.63, 3.8) is 0 Å². The summed E-state index contributed by atoms with van der Waals surface area (Å²) in [5.74, 6) is 0.444. The topological polar surface area (TPSA) is 66.4 Å². The third kappa shape index (κ3) is 5.61. The van der Waals surface area contributed by atoms with E-state index in [0.717, 1.165) is 12.0 Å². The van der Waals surface area contributed by atoms with Crippen LogP contribution in [-0.2, 0) is 16.4 Å². The maximum Gasteiger partial charge on any atom is 0.240 e. The van der Waals surface area contributed by atoms with Crippen molar-refractivity contribution in [2.24, 2.45) is 5.92 Å². The molecule has 0 aliphatic carbocycles. The normalized spacial score (nSPS) is 13.9. The zero-order chi connectivity index (χ0) is 15.3. The first-order valence-electron chi connectivity index (χ1n) is 7.00. The van der Waals surface area contributed by atoms with Crippen LogP contribution in [0.1, 0.15) is 39.7 Å². The van der Waals surface area contributed by atoms with Crippen LogP contribution in [0.15, 0.2) is 29.2 Å². The summed E-state index contributed by atoms with van der Waals surface area (Å²) in [6.07, 6.45) is 0.914. The molecule has 2 N–H and O–H groups in total. The fourth-order valence-corrected chi connectivity index (χ4v) is 3.33. The van der Waals surface area contributed by atoms with E-state index in [1.165, 1.54) is 0 Å². The van der Waals surface area contributed by atoms with Gasteiger partial charge in [0.2, 0.25) is 10.0 Å². The summed E-state index contributed by atoms with van der Waals surface area (Å²) < 4.78 is 26.5. The van der Waals surface area contributed by atoms with Crippen molar-refractivity contribution < 1.29 is 13.5 Å². The van der Waals surface area contributed by atoms with Gasteiger partial charge in [0.25, 0.3) is 0 Å². The molecular formula is C15H25NO3S. The zero-order valence-corrected chi connectivity index (χ0v) is 13.4. The molecule has 1 aromatic carbocycles. The van der Waals surface area contributed by atoms with Crippen LogP contribution < -0.4 is 4.72 Å². The quantitative estimate of drug-likeness (QED) is 0.812. The molecule has 0 aromatic heterocycles. The SMILES string of the molecule is CC(C)CC(O)Cc1ccc(S(=O)(=O)NC(C)C)cc1. The summed E-state index contributed by atoms with van der Waals surface area (Å²) >= 11 is 0. The van der Waals surface area contributed by atoms with E-state index in [0.29, 0.717) is 12.3 Å². The molecule has 20 heavy (non-hydrogen) atoms. The Morgan fingerprint density at radius 2 is 1.65 bits per heavy atom. The van der Waals surface area contributed by atoms with E-state index in [2.05, 4.69) is 18.6 Å². The predicted octanol–water partition coefficient (Wildman–Crippen LogP) is 2.32. The highest BCUT2D eigenvalue weighted by molar-refractivity contribution is 7.89. The number of benzene rings is 1. The summed E-state index contributed by atoms with van der Waals surface area (Å²) in [5, 5.41) is 9.89. The molecule has 1 aromatic rings. The van der Waals surface area contributed by atoms with Gasteiger partial charge in [-0.05, 0) is 50.3 Å². The lowest BCUT2D eigenvalue weighted by molar-refractivity contribution is 0.149. The Kier molecular flexibility index (Phi) is 6.17. The first kappa shape index (κ1) is 17.1. The number of rotatable bonds is 7. The molecule has 0 fully saturated rings. The summed E-state index contributed by atoms with van der Waals surface area (Å²) in [6, 6.07) is 6.56. The summed E-state index contributed by atoms with van der Waals surface area (Å²) in [4.78, 5) is 0.258. The number of hydrogen-bond donors (Lipinski definition) is 2. The molecule has 0 heterocycles. The van der Waals surface area contributed by atoms with Crippen LogP contribution in [0.3, 0.4) is 0 Å². The number of aliphatic hydroxyl groups is 1. The fourth-order valence-electron chi connectivity index (χ4n) is 2.08. The molecule has 0 aliphatic heterocycles. The van der Waals surface area contributed by atoms with Crippen LogP contribution in [0.5, 0.6) is 0 Å². The highest BCUT2D eigenvalue weighted by Crippen LogP contribution is 2.14. The minimum absolute atomic E-state index is 0.132. The Hall–Kier alpha value is -0.910. The molecule has 0 saturated heterocycles. The van der Waals surface area contributed by atoms with Gasteiger partial charge in [0.15, 0.2) is 0 Å². The van der Waals surface area contributed by atoms with Gasteiger partial charge in [0, 0.05) is 6.04 Å². The van der Waals surface area contributed by atoms with Gasteiger partial charge in [-0.2, -0.15) is 0 Å². The van der Waals surface area contributed by atoms with E-state index in [-0.39, 0.29) is 17.0 Å². The van der Waals surface area contributed by atoms with Gasteiger partial charge in [0.1, 0.15) is 0 Å². The van der Waals surface area contributed by atoms with Gasteiger partial charge < -0.3 is 5.11 Å². The molecule has 0 radical (unpaired) electrons. The van der Waals surface area contributed by atoms with E-state index in [9.17, 15) is 13.5 Å². The largest absolute Gasteiger partial charge is 0.393 e. The van der Waals surface area contributed by atoms with Gasteiger partial charge in [-0.1, -0.05) is 26.0 Å². The van der Waals surface area contributed by atoms with Crippen LogP contribution in [0.2, 0.25) is 0 Å². The van der Waals surface area contributed by atoms with Gasteiger partial charge >= 0.3 is 0 Å². The van der Waals surface area contributed by atoms with E-state index in [4.69, 9.17) is 0 Å². The number of nitrogens with one attached hydrogen (secondary N) is 1. The van der Waals surface area contributed by atoms with Gasteiger partial charge in [-0.25, -0.2) is 13.1 Å². The fraction of sp³-hybridized carbons (Fsp3) is 0.600. The van der Waals surface area contributed by atoms with E-state index >= 15 is 0 Å². The van der Waals surface area contributed by atoms with Crippen LogP contribution in [0.25, 0.3) is 0 Å². The van der Waals surface area contributed by atoms with Gasteiger partial charge in [-0.3, -0.25) is 0 Å². The van der Waals surface area contributed by atoms with Gasteiger partial charge in [0.05, 0.1) is 11.0 Å². The highest BCUT2D eigenvalue weighted by atomic mass is 32.2. The van der Waals surface area contributed by atoms with Crippen LogP contribution in [-0.4, -0.2) is 25.7 Å². The Morgan fingerprint density at radius 1 is 1.10 bits per heavy atom. The summed E-state index contributed by atoms with van der Waals surface area (Å²) in [5.41, 5.74) is 0.946. The Bertz CT molecular complexity index is 506. The van der Waals surface area contributed by atoms with Crippen molar-refractivity contribution in [1.82, 2.24) is 4.72 Å². The lowest BCUT2D eigenvalue weighted by Gasteiger charge is -2.14. The minimum atomic E-state index is -3.44. The second-order valence-electron chi connectivity index (χ2n) is 5.91. The Morgan fingerprint density at radius 3 is 2.10 bits per heavy atom. The third-order valence-corrected chi connectivity index (χ3v) is 4.51. The number of aliphatic hydroxyl groups excluding tert-OH is 1. The van der Waals surface area contributed by atoms with Crippen molar-refractivity contribution in [2.75, 3.05) is 0 Å². The molecule has 0 spiro atoms. The molecule has 1 atom stereocenters. The maximum absolute atomic E-state index is 12.0. The van der Waals surface area contributed by atoms with Crippen molar-refractivity contribution in [3.8, 4) is 0 Å². The molecular weight excluding hydrogens is 274 g/mol. The second kappa shape index (κ2) is 7.20. The van der Waals surface area contributed by atoms with Crippen LogP contribution in [0, 0.1) is 5.92 Å². The predicted molar refractivity (Wildman–Crippen MR) is 81.1 cm³/mol. The standard InChI is InChI=1S/C15H25NO3S/c1-11(2)9-14(17)10-13-5-7-15(8-6-13)20(18,19)16-12(3)4/h5-8,11-12,14,16-17H,9-10H2,1-4H3. The van der Waals surface area contributed by atoms with Crippen LogP contribution in [0.4, 0.5) is 0 Å². The van der Waals surface area contributed by atoms with E-state index in [1.807, 2.05) is 0 Å². The average Bonchev–Trinajstić information content (AvgIpc) is 2.26. The molecule has 1 rings (SSSR count). The second-order valence-corrected chi connectivity index (χ2v) is 7.62. The Labute approximate surface area is 122 Å². The minimum Gasteiger partial charge on any atom is -0.393 e. The number of hydrogen-bond acceptors (Lipinski definition) is 3. The zero-order valence-electron chi connectivity index (χ0n) is 12.6. The van der Waals surface area contributed by atoms with E-state index in [1.54, 1.807) is 38.1 Å². The smallest absolute Gasteiger partial charge is 0.240 e. The summed E-state index contributed by atoms with van der Waals surface area (Å²) in [7, 11) is -3.44. The molecule has 5 heteroatoms. The van der Waals surface area contributed by atoms with Crippen molar-refractivity contribution >= 4 is 10.0 Å². The van der Waals surface area contributed by atoms with Crippen molar-refractivity contribution in [3.05, 3.63) is 29.8 Å². The first-order chi connectivity index (χ1) is 9.20. The Balaban J connectivity index is 2.74. The number of sulfonamides is 1. The van der Waals surface area contributed by atoms with Crippen molar-refractivity contribution in [1.29, 1.82) is 0 Å². The molecule has 0 bridgehead atoms. The third-order valence-electron chi connectivity index (χ3n) is 2.84. The molecule has 114 valence electrons. The van der Waals surface area contributed by atoms with Crippen LogP contribution >= 0.6 is 0 Å². The molecule has 0 saturated carbocycles. The monoisotopic (exact) mass is 299 g/mol. The maximum atomic E-state index is 12.0. The molecule has 0 aliphatic rings.